The fraction of sp³-hybridized carbons (Fsp3) is 0.538. The molecule has 2 fully saturated rings. The van der Waals surface area contributed by atoms with Crippen molar-refractivity contribution in [2.75, 3.05) is 39.3 Å². The van der Waals surface area contributed by atoms with Gasteiger partial charge in [0, 0.05) is 42.7 Å². The largest absolute Gasteiger partial charge is 0.493 e. The summed E-state index contributed by atoms with van der Waals surface area (Å²) >= 11 is 0. The van der Waals surface area contributed by atoms with Crippen LogP contribution in [0.1, 0.15) is 67.2 Å². The maximum Gasteiger partial charge on any atom is 0.269 e. The van der Waals surface area contributed by atoms with Gasteiger partial charge in [-0.05, 0) is 68.9 Å². The summed E-state index contributed by atoms with van der Waals surface area (Å²) in [5.41, 5.74) is 3.76. The van der Waals surface area contributed by atoms with Gasteiger partial charge in [0.1, 0.15) is 5.75 Å². The molecular weight excluding hydrogens is 402 g/mol. The second kappa shape index (κ2) is 9.59. The van der Waals surface area contributed by atoms with Gasteiger partial charge in [0.25, 0.3) is 5.69 Å². The Morgan fingerprint density at radius 1 is 1.03 bits per heavy atom. The van der Waals surface area contributed by atoms with Gasteiger partial charge in [-0.2, -0.15) is 0 Å². The van der Waals surface area contributed by atoms with Gasteiger partial charge in [0.2, 0.25) is 0 Å². The number of nitro benzene ring substituents is 1. The van der Waals surface area contributed by atoms with Crippen LogP contribution in [0.4, 0.5) is 5.69 Å². The fourth-order valence-corrected chi connectivity index (χ4v) is 5.85. The molecule has 6 heteroatoms. The average Bonchev–Trinajstić information content (AvgIpc) is 3.31. The van der Waals surface area contributed by atoms with E-state index in [1.807, 2.05) is 12.1 Å². The van der Waals surface area contributed by atoms with E-state index in [1.54, 1.807) is 12.1 Å². The van der Waals surface area contributed by atoms with E-state index in [4.69, 9.17) is 4.74 Å². The number of fused-ring (bicyclic) bond motifs is 3. The molecule has 0 radical (unpaired) electrons. The van der Waals surface area contributed by atoms with Crippen molar-refractivity contribution in [1.82, 2.24) is 9.80 Å². The van der Waals surface area contributed by atoms with Gasteiger partial charge in [0.05, 0.1) is 11.5 Å². The molecule has 3 heterocycles. The predicted molar refractivity (Wildman–Crippen MR) is 125 cm³/mol. The van der Waals surface area contributed by atoms with Crippen LogP contribution >= 0.6 is 0 Å². The second-order valence-electron chi connectivity index (χ2n) is 9.42. The van der Waals surface area contributed by atoms with Gasteiger partial charge < -0.3 is 9.64 Å². The highest BCUT2D eigenvalue weighted by Crippen LogP contribution is 2.47. The molecule has 3 aliphatic rings. The minimum Gasteiger partial charge on any atom is -0.493 e. The lowest BCUT2D eigenvalue weighted by Gasteiger charge is -2.38. The number of ether oxygens (including phenoxy) is 1. The summed E-state index contributed by atoms with van der Waals surface area (Å²) in [6, 6.07) is 14.1. The van der Waals surface area contributed by atoms with E-state index in [2.05, 4.69) is 28.0 Å². The molecular formula is C26H33N3O3. The number of hydrogen-bond acceptors (Lipinski definition) is 5. The van der Waals surface area contributed by atoms with Gasteiger partial charge in [0.15, 0.2) is 0 Å². The van der Waals surface area contributed by atoms with Crippen LogP contribution in [0.3, 0.4) is 0 Å². The Morgan fingerprint density at radius 3 is 2.72 bits per heavy atom. The van der Waals surface area contributed by atoms with Crippen molar-refractivity contribution in [2.45, 2.75) is 50.5 Å². The number of benzene rings is 2. The van der Waals surface area contributed by atoms with Gasteiger partial charge >= 0.3 is 0 Å². The van der Waals surface area contributed by atoms with Crippen LogP contribution in [0.15, 0.2) is 42.5 Å². The maximum atomic E-state index is 11.4. The van der Waals surface area contributed by atoms with Crippen molar-refractivity contribution in [1.29, 1.82) is 0 Å². The van der Waals surface area contributed by atoms with Crippen LogP contribution < -0.4 is 4.74 Å². The van der Waals surface area contributed by atoms with Gasteiger partial charge in [-0.15, -0.1) is 0 Å². The van der Waals surface area contributed by atoms with E-state index in [1.165, 1.54) is 56.3 Å². The molecule has 2 aromatic carbocycles. The SMILES string of the molecule is O=[N+]([O-])c1cccc([C@H]2CN3CCC[C@@H]3c3cccc(OCCCN4CCCCC4)c32)c1. The molecule has 0 amide bonds. The van der Waals surface area contributed by atoms with E-state index < -0.39 is 0 Å². The first-order valence-corrected chi connectivity index (χ1v) is 12.2. The number of rotatable bonds is 7. The Labute approximate surface area is 190 Å². The Kier molecular flexibility index (Phi) is 6.42. The average molecular weight is 436 g/mol. The molecule has 0 N–H and O–H groups in total. The van der Waals surface area contributed by atoms with Gasteiger partial charge in [-0.3, -0.25) is 15.0 Å². The van der Waals surface area contributed by atoms with Gasteiger partial charge in [-0.25, -0.2) is 0 Å². The Morgan fingerprint density at radius 2 is 1.88 bits per heavy atom. The molecule has 0 aromatic heterocycles. The van der Waals surface area contributed by atoms with Crippen LogP contribution in [-0.4, -0.2) is 54.1 Å². The van der Waals surface area contributed by atoms with Crippen molar-refractivity contribution < 1.29 is 9.66 Å². The Balaban J connectivity index is 1.39. The summed E-state index contributed by atoms with van der Waals surface area (Å²) in [5, 5.41) is 11.4. The summed E-state index contributed by atoms with van der Waals surface area (Å²) in [5.74, 6) is 1.06. The summed E-state index contributed by atoms with van der Waals surface area (Å²) in [7, 11) is 0. The van der Waals surface area contributed by atoms with E-state index in [9.17, 15) is 10.1 Å². The number of non-ortho nitro benzene ring substituents is 1. The third kappa shape index (κ3) is 4.39. The zero-order chi connectivity index (χ0) is 21.9. The normalized spacial score (nSPS) is 23.5. The molecule has 0 bridgehead atoms. The lowest BCUT2D eigenvalue weighted by molar-refractivity contribution is -0.384. The smallest absolute Gasteiger partial charge is 0.269 e. The Hall–Kier alpha value is -2.44. The number of piperidine rings is 1. The summed E-state index contributed by atoms with van der Waals surface area (Å²) in [4.78, 5) is 16.2. The molecule has 5 rings (SSSR count). The van der Waals surface area contributed by atoms with Crippen LogP contribution in [0, 0.1) is 10.1 Å². The number of nitro groups is 1. The first-order chi connectivity index (χ1) is 15.7. The van der Waals surface area contributed by atoms with E-state index in [0.29, 0.717) is 12.6 Å². The summed E-state index contributed by atoms with van der Waals surface area (Å²) < 4.78 is 6.39. The molecule has 2 atom stereocenters. The topological polar surface area (TPSA) is 58.9 Å². The minimum atomic E-state index is -0.297. The maximum absolute atomic E-state index is 11.4. The standard InChI is InChI=1S/C26H33N3O3/c30-29(31)21-9-4-8-20(18-21)23-19-28-16-6-11-24(28)22-10-5-12-25(26(22)23)32-17-7-15-27-13-2-1-3-14-27/h4-5,8-10,12,18,23-24H,1-3,6-7,11,13-17,19H2/t23-,24-/m1/s1. The Bertz CT molecular complexity index is 957. The van der Waals surface area contributed by atoms with Crippen LogP contribution in [0.5, 0.6) is 5.75 Å². The quantitative estimate of drug-likeness (QED) is 0.343. The molecule has 0 saturated carbocycles. The van der Waals surface area contributed by atoms with Crippen molar-refractivity contribution in [3.05, 3.63) is 69.3 Å². The highest BCUT2D eigenvalue weighted by Gasteiger charge is 2.38. The number of hydrogen-bond donors (Lipinski definition) is 0. The first-order valence-electron chi connectivity index (χ1n) is 12.2. The summed E-state index contributed by atoms with van der Waals surface area (Å²) in [6.07, 6.45) is 7.40. The number of likely N-dealkylation sites (tertiary alicyclic amines) is 1. The van der Waals surface area contributed by atoms with Crippen molar-refractivity contribution in [3.63, 3.8) is 0 Å². The molecule has 32 heavy (non-hydrogen) atoms. The molecule has 0 aliphatic carbocycles. The second-order valence-corrected chi connectivity index (χ2v) is 9.42. The zero-order valence-corrected chi connectivity index (χ0v) is 18.7. The molecule has 3 aliphatic heterocycles. The van der Waals surface area contributed by atoms with E-state index in [0.717, 1.165) is 37.4 Å². The van der Waals surface area contributed by atoms with Gasteiger partial charge in [-0.1, -0.05) is 30.7 Å². The summed E-state index contributed by atoms with van der Waals surface area (Å²) in [6.45, 7) is 6.23. The first kappa shape index (κ1) is 21.4. The molecule has 0 unspecified atom stereocenters. The van der Waals surface area contributed by atoms with Crippen LogP contribution in [0.25, 0.3) is 0 Å². The van der Waals surface area contributed by atoms with Crippen molar-refractivity contribution >= 4 is 5.69 Å². The minimum absolute atomic E-state index is 0.0949. The molecule has 170 valence electrons. The monoisotopic (exact) mass is 435 g/mol. The van der Waals surface area contributed by atoms with Crippen molar-refractivity contribution in [3.8, 4) is 5.75 Å². The fourth-order valence-electron chi connectivity index (χ4n) is 5.85. The zero-order valence-electron chi connectivity index (χ0n) is 18.7. The van der Waals surface area contributed by atoms with Crippen molar-refractivity contribution in [2.24, 2.45) is 0 Å². The lowest BCUT2D eigenvalue weighted by atomic mass is 9.81. The van der Waals surface area contributed by atoms with E-state index >= 15 is 0 Å². The molecule has 6 nitrogen and oxygen atoms in total. The third-order valence-corrected chi connectivity index (χ3v) is 7.40. The highest BCUT2D eigenvalue weighted by atomic mass is 16.6. The van der Waals surface area contributed by atoms with Crippen LogP contribution in [-0.2, 0) is 0 Å². The highest BCUT2D eigenvalue weighted by molar-refractivity contribution is 5.52. The van der Waals surface area contributed by atoms with Crippen LogP contribution in [0.2, 0.25) is 0 Å². The predicted octanol–water partition coefficient (Wildman–Crippen LogP) is 5.13. The number of nitrogens with zero attached hydrogens (tertiary/aromatic N) is 3. The molecule has 2 aromatic rings. The molecule has 0 spiro atoms. The third-order valence-electron chi connectivity index (χ3n) is 7.40. The molecule has 2 saturated heterocycles. The van der Waals surface area contributed by atoms with E-state index in [-0.39, 0.29) is 16.5 Å². The lowest BCUT2D eigenvalue weighted by Crippen LogP contribution is -2.35.